The summed E-state index contributed by atoms with van der Waals surface area (Å²) in [5.41, 5.74) is 0.932. The van der Waals surface area contributed by atoms with Crippen LogP contribution in [-0.2, 0) is 0 Å². The van der Waals surface area contributed by atoms with E-state index in [-0.39, 0.29) is 0 Å². The summed E-state index contributed by atoms with van der Waals surface area (Å²) in [6.07, 6.45) is 4.00. The van der Waals surface area contributed by atoms with Gasteiger partial charge in [0.05, 0.1) is 0 Å². The highest BCUT2D eigenvalue weighted by Crippen LogP contribution is 2.31. The maximum Gasteiger partial charge on any atom is 0.00207 e. The Morgan fingerprint density at radius 3 is 2.53 bits per heavy atom. The molecule has 2 nitrogen and oxygen atoms in total. The average Bonchev–Trinajstić information content (AvgIpc) is 2.67. The molecule has 1 heterocycles. The predicted octanol–water partition coefficient (Wildman–Crippen LogP) is 3.04. The SMILES string of the molecule is CCCC1(CNCC(C)(C)C(C)C)CCNC1. The van der Waals surface area contributed by atoms with Gasteiger partial charge in [-0.25, -0.2) is 0 Å². The quantitative estimate of drug-likeness (QED) is 0.715. The third kappa shape index (κ3) is 4.26. The largest absolute Gasteiger partial charge is 0.316 e. The highest BCUT2D eigenvalue weighted by atomic mass is 15.0. The van der Waals surface area contributed by atoms with Crippen molar-refractivity contribution in [1.29, 1.82) is 0 Å². The van der Waals surface area contributed by atoms with Crippen LogP contribution in [0.3, 0.4) is 0 Å². The van der Waals surface area contributed by atoms with Crippen LogP contribution in [0.4, 0.5) is 0 Å². The Morgan fingerprint density at radius 1 is 1.35 bits per heavy atom. The summed E-state index contributed by atoms with van der Waals surface area (Å²) in [6, 6.07) is 0. The molecule has 0 radical (unpaired) electrons. The zero-order chi connectivity index (χ0) is 12.9. The summed E-state index contributed by atoms with van der Waals surface area (Å²) < 4.78 is 0. The summed E-state index contributed by atoms with van der Waals surface area (Å²) in [4.78, 5) is 0. The molecule has 2 N–H and O–H groups in total. The molecule has 1 rings (SSSR count). The Bertz CT molecular complexity index is 215. The van der Waals surface area contributed by atoms with Gasteiger partial charge in [-0.15, -0.1) is 0 Å². The molecule has 102 valence electrons. The summed E-state index contributed by atoms with van der Waals surface area (Å²) >= 11 is 0. The van der Waals surface area contributed by atoms with Gasteiger partial charge in [-0.1, -0.05) is 41.0 Å². The van der Waals surface area contributed by atoms with Crippen molar-refractivity contribution < 1.29 is 0 Å². The highest BCUT2D eigenvalue weighted by molar-refractivity contribution is 4.90. The molecular formula is C15H32N2. The van der Waals surface area contributed by atoms with E-state index in [1.807, 2.05) is 0 Å². The molecule has 0 aliphatic carbocycles. The van der Waals surface area contributed by atoms with Gasteiger partial charge < -0.3 is 10.6 Å². The number of hydrogen-bond acceptors (Lipinski definition) is 2. The van der Waals surface area contributed by atoms with E-state index in [1.54, 1.807) is 0 Å². The van der Waals surface area contributed by atoms with Crippen LogP contribution < -0.4 is 10.6 Å². The average molecular weight is 240 g/mol. The first-order valence-electron chi connectivity index (χ1n) is 7.33. The first kappa shape index (κ1) is 15.0. The number of hydrogen-bond donors (Lipinski definition) is 2. The van der Waals surface area contributed by atoms with Gasteiger partial charge in [0.2, 0.25) is 0 Å². The van der Waals surface area contributed by atoms with E-state index < -0.39 is 0 Å². The van der Waals surface area contributed by atoms with Gasteiger partial charge in [0.15, 0.2) is 0 Å². The van der Waals surface area contributed by atoms with E-state index in [1.165, 1.54) is 38.9 Å². The fraction of sp³-hybridized carbons (Fsp3) is 1.00. The normalized spacial score (nSPS) is 25.8. The van der Waals surface area contributed by atoms with Crippen molar-refractivity contribution in [3.8, 4) is 0 Å². The lowest BCUT2D eigenvalue weighted by molar-refractivity contribution is 0.209. The second-order valence-corrected chi connectivity index (χ2v) is 6.92. The lowest BCUT2D eigenvalue weighted by Crippen LogP contribution is -2.41. The van der Waals surface area contributed by atoms with Crippen molar-refractivity contribution in [2.75, 3.05) is 26.2 Å². The van der Waals surface area contributed by atoms with Crippen molar-refractivity contribution in [3.05, 3.63) is 0 Å². The Kier molecular flexibility index (Phi) is 5.46. The smallest absolute Gasteiger partial charge is 0.00207 e. The molecule has 2 heteroatoms. The minimum Gasteiger partial charge on any atom is -0.316 e. The summed E-state index contributed by atoms with van der Waals surface area (Å²) in [6.45, 7) is 16.4. The van der Waals surface area contributed by atoms with Crippen LogP contribution in [0.25, 0.3) is 0 Å². The van der Waals surface area contributed by atoms with Crippen molar-refractivity contribution in [2.24, 2.45) is 16.7 Å². The maximum absolute atomic E-state index is 3.73. The van der Waals surface area contributed by atoms with E-state index in [4.69, 9.17) is 0 Å². The molecule has 1 aliphatic rings. The molecule has 1 aliphatic heterocycles. The van der Waals surface area contributed by atoms with Gasteiger partial charge in [0.25, 0.3) is 0 Å². The lowest BCUT2D eigenvalue weighted by atomic mass is 9.79. The third-order valence-electron chi connectivity index (χ3n) is 4.76. The third-order valence-corrected chi connectivity index (χ3v) is 4.76. The van der Waals surface area contributed by atoms with E-state index in [0.29, 0.717) is 10.8 Å². The molecule has 1 saturated heterocycles. The van der Waals surface area contributed by atoms with E-state index in [9.17, 15) is 0 Å². The van der Waals surface area contributed by atoms with Crippen LogP contribution >= 0.6 is 0 Å². The molecule has 17 heavy (non-hydrogen) atoms. The Morgan fingerprint density at radius 2 is 2.06 bits per heavy atom. The van der Waals surface area contributed by atoms with Crippen molar-refractivity contribution >= 4 is 0 Å². The minimum atomic E-state index is 0.402. The molecule has 0 amide bonds. The van der Waals surface area contributed by atoms with Gasteiger partial charge >= 0.3 is 0 Å². The van der Waals surface area contributed by atoms with Crippen LogP contribution in [0.5, 0.6) is 0 Å². The number of nitrogens with one attached hydrogen (secondary N) is 2. The molecule has 1 unspecified atom stereocenters. The highest BCUT2D eigenvalue weighted by Gasteiger charge is 2.33. The number of rotatable bonds is 7. The van der Waals surface area contributed by atoms with Crippen molar-refractivity contribution in [3.63, 3.8) is 0 Å². The second-order valence-electron chi connectivity index (χ2n) is 6.92. The second kappa shape index (κ2) is 6.19. The molecule has 0 aromatic carbocycles. The molecule has 0 saturated carbocycles. The summed E-state index contributed by atoms with van der Waals surface area (Å²) in [5, 5.41) is 7.26. The van der Waals surface area contributed by atoms with Crippen LogP contribution in [0.1, 0.15) is 53.9 Å². The van der Waals surface area contributed by atoms with Gasteiger partial charge in [0.1, 0.15) is 0 Å². The first-order chi connectivity index (χ1) is 7.92. The van der Waals surface area contributed by atoms with E-state index in [2.05, 4.69) is 45.3 Å². The molecular weight excluding hydrogens is 208 g/mol. The fourth-order valence-electron chi connectivity index (χ4n) is 2.63. The zero-order valence-electron chi connectivity index (χ0n) is 12.5. The van der Waals surface area contributed by atoms with Crippen molar-refractivity contribution in [2.45, 2.75) is 53.9 Å². The zero-order valence-corrected chi connectivity index (χ0v) is 12.5. The molecule has 0 aromatic heterocycles. The van der Waals surface area contributed by atoms with Crippen molar-refractivity contribution in [1.82, 2.24) is 10.6 Å². The molecule has 0 aromatic rings. The van der Waals surface area contributed by atoms with E-state index in [0.717, 1.165) is 12.5 Å². The predicted molar refractivity (Wildman–Crippen MR) is 76.3 cm³/mol. The van der Waals surface area contributed by atoms with Gasteiger partial charge in [-0.3, -0.25) is 0 Å². The Hall–Kier alpha value is -0.0800. The molecule has 1 atom stereocenters. The van der Waals surface area contributed by atoms with Gasteiger partial charge in [0, 0.05) is 19.6 Å². The standard InChI is InChI=1S/C15H32N2/c1-6-7-15(8-9-16-11-15)12-17-10-14(4,5)13(2)3/h13,16-17H,6-12H2,1-5H3. The van der Waals surface area contributed by atoms with Crippen LogP contribution in [-0.4, -0.2) is 26.2 Å². The fourth-order valence-corrected chi connectivity index (χ4v) is 2.63. The van der Waals surface area contributed by atoms with Crippen LogP contribution in [0, 0.1) is 16.7 Å². The minimum absolute atomic E-state index is 0.402. The monoisotopic (exact) mass is 240 g/mol. The van der Waals surface area contributed by atoms with Crippen LogP contribution in [0.2, 0.25) is 0 Å². The Balaban J connectivity index is 2.38. The van der Waals surface area contributed by atoms with Gasteiger partial charge in [-0.2, -0.15) is 0 Å². The molecule has 0 bridgehead atoms. The topological polar surface area (TPSA) is 24.1 Å². The molecule has 0 spiro atoms. The maximum atomic E-state index is 3.73. The first-order valence-corrected chi connectivity index (χ1v) is 7.33. The molecule has 1 fully saturated rings. The van der Waals surface area contributed by atoms with E-state index >= 15 is 0 Å². The Labute approximate surface area is 108 Å². The lowest BCUT2D eigenvalue weighted by Gasteiger charge is -2.33. The van der Waals surface area contributed by atoms with Crippen LogP contribution in [0.15, 0.2) is 0 Å². The van der Waals surface area contributed by atoms with Gasteiger partial charge in [-0.05, 0) is 36.1 Å². The summed E-state index contributed by atoms with van der Waals surface area (Å²) in [7, 11) is 0. The summed E-state index contributed by atoms with van der Waals surface area (Å²) in [5.74, 6) is 0.735.